The average molecular weight is 371 g/mol. The molecule has 3 heterocycles. The van der Waals surface area contributed by atoms with Gasteiger partial charge in [0.05, 0.1) is 22.8 Å². The maximum atomic E-state index is 13.4. The van der Waals surface area contributed by atoms with E-state index in [1.54, 1.807) is 12.1 Å². The van der Waals surface area contributed by atoms with Crippen LogP contribution in [0.25, 0.3) is 0 Å². The Bertz CT molecular complexity index is 1100. The lowest BCUT2D eigenvalue weighted by Gasteiger charge is -2.29. The highest BCUT2D eigenvalue weighted by atomic mass is 19.1. The second-order valence-corrected chi connectivity index (χ2v) is 6.64. The molecule has 0 spiro atoms. The Hall–Kier alpha value is -3.16. The minimum absolute atomic E-state index is 0.0425. The van der Waals surface area contributed by atoms with Crippen molar-refractivity contribution in [1.29, 1.82) is 0 Å². The molecule has 1 unspecified atom stereocenters. The molecule has 1 aromatic carbocycles. The molecule has 140 valence electrons. The number of nitrogens with one attached hydrogen (secondary N) is 1. The molecule has 0 bridgehead atoms. The number of carbonyl (C=O) groups is 1. The first-order valence-electron chi connectivity index (χ1n) is 8.70. The summed E-state index contributed by atoms with van der Waals surface area (Å²) in [6, 6.07) is 5.65. The van der Waals surface area contributed by atoms with Crippen LogP contribution in [0.1, 0.15) is 30.4 Å². The third-order valence-electron chi connectivity index (χ3n) is 4.97. The van der Waals surface area contributed by atoms with Gasteiger partial charge in [0.15, 0.2) is 0 Å². The van der Waals surface area contributed by atoms with Crippen LogP contribution in [0.15, 0.2) is 45.1 Å². The number of benzene rings is 1. The van der Waals surface area contributed by atoms with Gasteiger partial charge in [-0.2, -0.15) is 0 Å². The minimum atomic E-state index is -0.728. The van der Waals surface area contributed by atoms with E-state index in [2.05, 4.69) is 5.32 Å². The number of rotatable bonds is 3. The fourth-order valence-electron chi connectivity index (χ4n) is 3.70. The van der Waals surface area contributed by atoms with Gasteiger partial charge in [0.2, 0.25) is 0 Å². The summed E-state index contributed by atoms with van der Waals surface area (Å²) in [6.07, 6.45) is 0.689. The predicted octanol–water partition coefficient (Wildman–Crippen LogP) is 1.46. The van der Waals surface area contributed by atoms with Crippen LogP contribution in [0, 0.1) is 5.82 Å². The van der Waals surface area contributed by atoms with Crippen molar-refractivity contribution in [3.63, 3.8) is 0 Å². The van der Waals surface area contributed by atoms with Crippen LogP contribution < -0.4 is 16.6 Å². The summed E-state index contributed by atoms with van der Waals surface area (Å²) in [5.41, 5.74) is 0.807. The van der Waals surface area contributed by atoms with Crippen LogP contribution in [0.5, 0.6) is 0 Å². The first-order chi connectivity index (χ1) is 12.9. The molecule has 0 fully saturated rings. The maximum Gasteiger partial charge on any atom is 0.337 e. The summed E-state index contributed by atoms with van der Waals surface area (Å²) in [4.78, 5) is 38.0. The van der Waals surface area contributed by atoms with Crippen molar-refractivity contribution in [3.05, 3.63) is 73.3 Å². The molecular formula is C19H18FN3O4. The van der Waals surface area contributed by atoms with E-state index in [-0.39, 0.29) is 12.2 Å². The van der Waals surface area contributed by atoms with Crippen LogP contribution in [0.3, 0.4) is 0 Å². The molecule has 0 saturated carbocycles. The van der Waals surface area contributed by atoms with Gasteiger partial charge in [-0.05, 0) is 24.1 Å². The number of halogens is 1. The summed E-state index contributed by atoms with van der Waals surface area (Å²) in [5.74, 6) is -1.29. The van der Waals surface area contributed by atoms with Crippen LogP contribution in [-0.4, -0.2) is 21.7 Å². The van der Waals surface area contributed by atoms with Crippen molar-refractivity contribution in [1.82, 2.24) is 9.13 Å². The Balaban J connectivity index is 2.06. The normalized spacial score (nSPS) is 18.0. The van der Waals surface area contributed by atoms with Crippen molar-refractivity contribution in [3.8, 4) is 0 Å². The number of cyclic esters (lactones) is 1. The topological polar surface area (TPSA) is 82.3 Å². The smallest absolute Gasteiger partial charge is 0.337 e. The lowest BCUT2D eigenvalue weighted by Crippen LogP contribution is -2.44. The number of esters is 1. The third-order valence-corrected chi connectivity index (χ3v) is 4.97. The number of nitrogens with zero attached hydrogens (tertiary/aromatic N) is 2. The highest BCUT2D eigenvalue weighted by molar-refractivity contribution is 5.96. The number of hydrogen-bond acceptors (Lipinski definition) is 5. The van der Waals surface area contributed by atoms with Gasteiger partial charge < -0.3 is 10.1 Å². The quantitative estimate of drug-likeness (QED) is 0.826. The van der Waals surface area contributed by atoms with Crippen LogP contribution in [0.4, 0.5) is 10.2 Å². The Morgan fingerprint density at radius 3 is 2.59 bits per heavy atom. The van der Waals surface area contributed by atoms with E-state index in [9.17, 15) is 18.8 Å². The Morgan fingerprint density at radius 2 is 1.93 bits per heavy atom. The van der Waals surface area contributed by atoms with Gasteiger partial charge in [0, 0.05) is 13.6 Å². The van der Waals surface area contributed by atoms with Gasteiger partial charge in [-0.3, -0.25) is 13.9 Å². The molecule has 0 radical (unpaired) electrons. The standard InChI is InChI=1S/C19H18FN3O4/c1-3-8-23-16-15(17(24)22(2)19(23)26)13(10-4-6-11(20)7-5-10)14-12(21-16)9-27-18(14)25/h4-7,13,21H,3,8-9H2,1-2H3. The SMILES string of the molecule is CCCn1c2c(c(=O)n(C)c1=O)C(c1ccc(F)cc1)C1=C(COC1=O)N2. The largest absolute Gasteiger partial charge is 0.456 e. The molecule has 0 saturated heterocycles. The molecule has 1 N–H and O–H groups in total. The van der Waals surface area contributed by atoms with Gasteiger partial charge >= 0.3 is 11.7 Å². The highest BCUT2D eigenvalue weighted by Crippen LogP contribution is 2.42. The van der Waals surface area contributed by atoms with E-state index in [1.165, 1.54) is 23.7 Å². The van der Waals surface area contributed by atoms with Gasteiger partial charge in [-0.15, -0.1) is 0 Å². The van der Waals surface area contributed by atoms with Crippen molar-refractivity contribution in [2.24, 2.45) is 7.05 Å². The van der Waals surface area contributed by atoms with E-state index in [0.29, 0.717) is 35.6 Å². The Labute approximate surface area is 153 Å². The summed E-state index contributed by atoms with van der Waals surface area (Å²) < 4.78 is 21.1. The van der Waals surface area contributed by atoms with Crippen LogP contribution in [-0.2, 0) is 23.1 Å². The number of anilines is 1. The van der Waals surface area contributed by atoms with Crippen LogP contribution >= 0.6 is 0 Å². The molecule has 2 aromatic rings. The maximum absolute atomic E-state index is 13.4. The molecule has 4 rings (SSSR count). The van der Waals surface area contributed by atoms with E-state index in [0.717, 1.165) is 4.57 Å². The van der Waals surface area contributed by atoms with Crippen molar-refractivity contribution in [2.75, 3.05) is 11.9 Å². The lowest BCUT2D eigenvalue weighted by molar-refractivity contribution is -0.136. The number of aromatic nitrogens is 2. The monoisotopic (exact) mass is 371 g/mol. The minimum Gasteiger partial charge on any atom is -0.456 e. The Morgan fingerprint density at radius 1 is 1.22 bits per heavy atom. The van der Waals surface area contributed by atoms with E-state index < -0.39 is 29.0 Å². The molecule has 1 atom stereocenters. The lowest BCUT2D eigenvalue weighted by atomic mass is 9.82. The van der Waals surface area contributed by atoms with Crippen molar-refractivity contribution >= 4 is 11.8 Å². The third kappa shape index (κ3) is 2.51. The summed E-state index contributed by atoms with van der Waals surface area (Å²) in [6.45, 7) is 2.38. The summed E-state index contributed by atoms with van der Waals surface area (Å²) in [5, 5.41) is 3.07. The van der Waals surface area contributed by atoms with Gasteiger partial charge in [0.1, 0.15) is 18.2 Å². The Kier molecular flexibility index (Phi) is 3.98. The molecule has 1 aromatic heterocycles. The number of ether oxygens (including phenoxy) is 1. The highest BCUT2D eigenvalue weighted by Gasteiger charge is 2.41. The predicted molar refractivity (Wildman–Crippen MR) is 96.1 cm³/mol. The first-order valence-corrected chi connectivity index (χ1v) is 8.70. The molecule has 2 aliphatic heterocycles. The average Bonchev–Trinajstić information content (AvgIpc) is 3.03. The van der Waals surface area contributed by atoms with Gasteiger partial charge in [-0.25, -0.2) is 14.0 Å². The molecule has 8 heteroatoms. The van der Waals surface area contributed by atoms with E-state index in [4.69, 9.17) is 4.74 Å². The molecule has 27 heavy (non-hydrogen) atoms. The molecule has 0 aliphatic carbocycles. The number of carbonyl (C=O) groups excluding carboxylic acids is 1. The number of hydrogen-bond donors (Lipinski definition) is 1. The fourth-order valence-corrected chi connectivity index (χ4v) is 3.70. The second-order valence-electron chi connectivity index (χ2n) is 6.64. The first kappa shape index (κ1) is 17.3. The van der Waals surface area contributed by atoms with Crippen molar-refractivity contribution < 1.29 is 13.9 Å². The molecule has 2 aliphatic rings. The summed E-state index contributed by atoms with van der Waals surface area (Å²) in [7, 11) is 1.41. The van der Waals surface area contributed by atoms with E-state index in [1.807, 2.05) is 6.92 Å². The molecule has 7 nitrogen and oxygen atoms in total. The molecule has 0 amide bonds. The van der Waals surface area contributed by atoms with Gasteiger partial charge in [0.25, 0.3) is 5.56 Å². The zero-order valence-corrected chi connectivity index (χ0v) is 14.9. The van der Waals surface area contributed by atoms with Crippen LogP contribution in [0.2, 0.25) is 0 Å². The summed E-state index contributed by atoms with van der Waals surface area (Å²) >= 11 is 0. The van der Waals surface area contributed by atoms with Gasteiger partial charge in [-0.1, -0.05) is 19.1 Å². The zero-order valence-electron chi connectivity index (χ0n) is 14.9. The second kappa shape index (κ2) is 6.22. The zero-order chi connectivity index (χ0) is 19.3. The van der Waals surface area contributed by atoms with E-state index >= 15 is 0 Å². The van der Waals surface area contributed by atoms with Crippen molar-refractivity contribution in [2.45, 2.75) is 25.8 Å². The fraction of sp³-hybridized carbons (Fsp3) is 0.316. The number of fused-ring (bicyclic) bond motifs is 1. The molecular weight excluding hydrogens is 353 g/mol.